The van der Waals surface area contributed by atoms with E-state index in [1.54, 1.807) is 24.2 Å². The van der Waals surface area contributed by atoms with Gasteiger partial charge < -0.3 is 9.62 Å². The summed E-state index contributed by atoms with van der Waals surface area (Å²) >= 11 is 8.02. The Labute approximate surface area is 151 Å². The zero-order chi connectivity index (χ0) is 17.1. The molecule has 2 aromatic rings. The number of carbonyl (C=O) groups excluding carboxylic acids is 1. The zero-order valence-electron chi connectivity index (χ0n) is 13.8. The van der Waals surface area contributed by atoms with Gasteiger partial charge in [0.1, 0.15) is 5.82 Å². The number of hydrogen-bond donors (Lipinski definition) is 1. The predicted molar refractivity (Wildman–Crippen MR) is 102 cm³/mol. The molecule has 1 aromatic carbocycles. The number of aromatic nitrogens is 1. The summed E-state index contributed by atoms with van der Waals surface area (Å²) in [4.78, 5) is 16.8. The van der Waals surface area contributed by atoms with E-state index in [9.17, 15) is 4.79 Å². The lowest BCUT2D eigenvalue weighted by Gasteiger charge is -2.17. The highest BCUT2D eigenvalue weighted by Crippen LogP contribution is 2.31. The highest BCUT2D eigenvalue weighted by atomic mass is 35.5. The van der Waals surface area contributed by atoms with Gasteiger partial charge in [-0.2, -0.15) is 0 Å². The molecule has 4 nitrogen and oxygen atoms in total. The first-order chi connectivity index (χ1) is 11.5. The van der Waals surface area contributed by atoms with Crippen LogP contribution in [0.15, 0.2) is 36.5 Å². The molecule has 2 heterocycles. The standard InChI is InChI=1S/C18H20ClN3OS/c1-12(2)13-6-7-20-17(10-13)21-18(23)15-11-14(4-5-16(15)19)22-8-3-9-24-22/h4-7,10-12H,3,8-9H2,1-2H3,(H,20,21,23). The van der Waals surface area contributed by atoms with Crippen molar-refractivity contribution < 1.29 is 4.79 Å². The maximum atomic E-state index is 12.6. The molecule has 3 rings (SSSR count). The van der Waals surface area contributed by atoms with Gasteiger partial charge in [-0.05, 0) is 60.2 Å². The summed E-state index contributed by atoms with van der Waals surface area (Å²) in [6.07, 6.45) is 2.87. The molecule has 1 amide bonds. The second kappa shape index (κ2) is 7.45. The van der Waals surface area contributed by atoms with Crippen LogP contribution in [0.5, 0.6) is 0 Å². The normalized spacial score (nSPS) is 14.2. The molecule has 1 aliphatic rings. The number of anilines is 2. The molecule has 0 spiro atoms. The summed E-state index contributed by atoms with van der Waals surface area (Å²) in [7, 11) is 0. The van der Waals surface area contributed by atoms with Crippen molar-refractivity contribution in [2.24, 2.45) is 0 Å². The van der Waals surface area contributed by atoms with Gasteiger partial charge in [0.2, 0.25) is 0 Å². The summed E-state index contributed by atoms with van der Waals surface area (Å²) in [6, 6.07) is 9.44. The van der Waals surface area contributed by atoms with Gasteiger partial charge in [-0.15, -0.1) is 0 Å². The van der Waals surface area contributed by atoms with Gasteiger partial charge in [-0.3, -0.25) is 4.79 Å². The predicted octanol–water partition coefficient (Wildman–Crippen LogP) is 4.97. The van der Waals surface area contributed by atoms with Crippen molar-refractivity contribution in [2.75, 3.05) is 21.9 Å². The summed E-state index contributed by atoms with van der Waals surface area (Å²) < 4.78 is 2.20. The third kappa shape index (κ3) is 3.84. The molecule has 1 N–H and O–H groups in total. The molecule has 24 heavy (non-hydrogen) atoms. The SMILES string of the molecule is CC(C)c1ccnc(NC(=O)c2cc(N3CCCS3)ccc2Cl)c1. The van der Waals surface area contributed by atoms with Crippen molar-refractivity contribution in [3.8, 4) is 0 Å². The third-order valence-corrected chi connectivity index (χ3v) is 5.43. The molecule has 1 aliphatic heterocycles. The Morgan fingerprint density at radius 2 is 2.17 bits per heavy atom. The Kier molecular flexibility index (Phi) is 5.31. The minimum Gasteiger partial charge on any atom is -0.316 e. The molecule has 1 fully saturated rings. The molecule has 6 heteroatoms. The fourth-order valence-corrected chi connectivity index (χ4v) is 3.75. The van der Waals surface area contributed by atoms with Gasteiger partial charge >= 0.3 is 0 Å². The summed E-state index contributed by atoms with van der Waals surface area (Å²) in [5, 5.41) is 3.30. The number of rotatable bonds is 4. The van der Waals surface area contributed by atoms with Crippen LogP contribution in [0, 0.1) is 0 Å². The highest BCUT2D eigenvalue weighted by molar-refractivity contribution is 8.00. The molecule has 126 valence electrons. The molecule has 0 aliphatic carbocycles. The van der Waals surface area contributed by atoms with E-state index >= 15 is 0 Å². The van der Waals surface area contributed by atoms with Crippen molar-refractivity contribution in [1.82, 2.24) is 4.98 Å². The van der Waals surface area contributed by atoms with Gasteiger partial charge in [-0.1, -0.05) is 25.4 Å². The topological polar surface area (TPSA) is 45.2 Å². The van der Waals surface area contributed by atoms with Gasteiger partial charge in [0.05, 0.1) is 10.6 Å². The van der Waals surface area contributed by atoms with Crippen LogP contribution in [0.1, 0.15) is 42.1 Å². The second-order valence-corrected chi connectivity index (χ2v) is 7.55. The van der Waals surface area contributed by atoms with Crippen LogP contribution in [0.4, 0.5) is 11.5 Å². The van der Waals surface area contributed by atoms with Crippen molar-refractivity contribution in [3.63, 3.8) is 0 Å². The lowest BCUT2D eigenvalue weighted by molar-refractivity contribution is 0.102. The van der Waals surface area contributed by atoms with Crippen molar-refractivity contribution >= 4 is 41.0 Å². The van der Waals surface area contributed by atoms with Crippen LogP contribution in [-0.2, 0) is 0 Å². The molecular weight excluding hydrogens is 342 g/mol. The van der Waals surface area contributed by atoms with Crippen LogP contribution >= 0.6 is 23.5 Å². The van der Waals surface area contributed by atoms with E-state index in [0.717, 1.165) is 30.0 Å². The van der Waals surface area contributed by atoms with Gasteiger partial charge in [0.15, 0.2) is 0 Å². The fraction of sp³-hybridized carbons (Fsp3) is 0.333. The zero-order valence-corrected chi connectivity index (χ0v) is 15.3. The average molecular weight is 362 g/mol. The van der Waals surface area contributed by atoms with Crippen molar-refractivity contribution in [3.05, 3.63) is 52.7 Å². The van der Waals surface area contributed by atoms with E-state index in [1.165, 1.54) is 0 Å². The van der Waals surface area contributed by atoms with E-state index in [-0.39, 0.29) is 5.91 Å². The number of amides is 1. The first kappa shape index (κ1) is 17.1. The fourth-order valence-electron chi connectivity index (χ4n) is 2.55. The van der Waals surface area contributed by atoms with Gasteiger partial charge in [0, 0.05) is 24.2 Å². The summed E-state index contributed by atoms with van der Waals surface area (Å²) in [5.41, 5.74) is 2.61. The quantitative estimate of drug-likeness (QED) is 0.781. The first-order valence-electron chi connectivity index (χ1n) is 8.02. The molecule has 0 radical (unpaired) electrons. The van der Waals surface area contributed by atoms with Crippen molar-refractivity contribution in [1.29, 1.82) is 0 Å². The van der Waals surface area contributed by atoms with Gasteiger partial charge in [-0.25, -0.2) is 4.98 Å². The maximum absolute atomic E-state index is 12.6. The van der Waals surface area contributed by atoms with E-state index in [0.29, 0.717) is 22.3 Å². The number of hydrogen-bond acceptors (Lipinski definition) is 4. The van der Waals surface area contributed by atoms with Gasteiger partial charge in [0.25, 0.3) is 5.91 Å². The number of nitrogens with zero attached hydrogens (tertiary/aromatic N) is 2. The Hall–Kier alpha value is -1.72. The Bertz CT molecular complexity index is 745. The van der Waals surface area contributed by atoms with Crippen molar-refractivity contribution in [2.45, 2.75) is 26.2 Å². The van der Waals surface area contributed by atoms with Crippen LogP contribution in [-0.4, -0.2) is 23.2 Å². The largest absolute Gasteiger partial charge is 0.316 e. The third-order valence-electron chi connectivity index (χ3n) is 3.93. The average Bonchev–Trinajstić information content (AvgIpc) is 3.10. The van der Waals surface area contributed by atoms with Crippen LogP contribution in [0.2, 0.25) is 5.02 Å². The van der Waals surface area contributed by atoms with E-state index in [2.05, 4.69) is 28.5 Å². The van der Waals surface area contributed by atoms with E-state index in [4.69, 9.17) is 11.6 Å². The Morgan fingerprint density at radius 1 is 1.33 bits per heavy atom. The number of halogens is 1. The minimum absolute atomic E-state index is 0.237. The smallest absolute Gasteiger partial charge is 0.258 e. The number of pyridine rings is 1. The summed E-state index contributed by atoms with van der Waals surface area (Å²) in [6.45, 7) is 5.20. The van der Waals surface area contributed by atoms with E-state index in [1.807, 2.05) is 24.3 Å². The second-order valence-electron chi connectivity index (χ2n) is 6.04. The molecule has 1 aromatic heterocycles. The first-order valence-corrected chi connectivity index (χ1v) is 9.34. The number of benzene rings is 1. The number of nitrogens with one attached hydrogen (secondary N) is 1. The molecule has 0 atom stereocenters. The maximum Gasteiger partial charge on any atom is 0.258 e. The molecular formula is C18H20ClN3OS. The van der Waals surface area contributed by atoms with E-state index < -0.39 is 0 Å². The lowest BCUT2D eigenvalue weighted by atomic mass is 10.1. The molecule has 0 saturated carbocycles. The summed E-state index contributed by atoms with van der Waals surface area (Å²) in [5.74, 6) is 1.79. The minimum atomic E-state index is -0.237. The Morgan fingerprint density at radius 3 is 2.88 bits per heavy atom. The highest BCUT2D eigenvalue weighted by Gasteiger charge is 2.18. The molecule has 1 saturated heterocycles. The molecule has 0 bridgehead atoms. The number of carbonyl (C=O) groups is 1. The van der Waals surface area contributed by atoms with Crippen LogP contribution < -0.4 is 9.62 Å². The molecule has 0 unspecified atom stereocenters. The Balaban J connectivity index is 1.81. The monoisotopic (exact) mass is 361 g/mol. The van der Waals surface area contributed by atoms with Crippen LogP contribution in [0.3, 0.4) is 0 Å². The lowest BCUT2D eigenvalue weighted by Crippen LogP contribution is -2.15. The van der Waals surface area contributed by atoms with Crippen LogP contribution in [0.25, 0.3) is 0 Å².